The molecule has 1 saturated heterocycles. The van der Waals surface area contributed by atoms with Gasteiger partial charge in [-0.2, -0.15) is 0 Å². The largest absolute Gasteiger partial charge is 0.351 e. The Kier molecular flexibility index (Phi) is 8.64. The van der Waals surface area contributed by atoms with Gasteiger partial charge in [0.15, 0.2) is 0 Å². The highest BCUT2D eigenvalue weighted by Crippen LogP contribution is 2.23. The number of likely N-dealkylation sites (tertiary alicyclic amines) is 1. The first-order chi connectivity index (χ1) is 16.0. The molecule has 1 aliphatic heterocycles. The zero-order chi connectivity index (χ0) is 23.8. The molecule has 0 unspecified atom stereocenters. The lowest BCUT2D eigenvalue weighted by molar-refractivity contribution is -0.142. The van der Waals surface area contributed by atoms with Crippen LogP contribution in [-0.4, -0.2) is 47.8 Å². The van der Waals surface area contributed by atoms with Gasteiger partial charge in [0, 0.05) is 25.4 Å². The molecule has 6 heteroatoms. The lowest BCUT2D eigenvalue weighted by Crippen LogP contribution is -2.54. The Morgan fingerprint density at radius 3 is 2.55 bits per heavy atom. The summed E-state index contributed by atoms with van der Waals surface area (Å²) in [4.78, 5) is 40.8. The van der Waals surface area contributed by atoms with Crippen LogP contribution in [0.25, 0.3) is 10.8 Å². The molecule has 0 bridgehead atoms. The third kappa shape index (κ3) is 6.01. The summed E-state index contributed by atoms with van der Waals surface area (Å²) in [6.07, 6.45) is 4.91. The monoisotopic (exact) mass is 449 g/mol. The van der Waals surface area contributed by atoms with Crippen molar-refractivity contribution in [2.75, 3.05) is 13.1 Å². The first kappa shape index (κ1) is 24.5. The third-order valence-electron chi connectivity index (χ3n) is 6.48. The molecule has 0 aliphatic carbocycles. The third-order valence-corrected chi connectivity index (χ3v) is 6.48. The van der Waals surface area contributed by atoms with Crippen molar-refractivity contribution >= 4 is 28.5 Å². The molecular formula is C27H35N3O3. The van der Waals surface area contributed by atoms with Crippen LogP contribution >= 0.6 is 0 Å². The fraction of sp³-hybridized carbons (Fsp3) is 0.444. The Balaban J connectivity index is 1.77. The Bertz CT molecular complexity index is 999. The minimum atomic E-state index is -0.732. The Morgan fingerprint density at radius 2 is 1.85 bits per heavy atom. The maximum atomic E-state index is 13.2. The van der Waals surface area contributed by atoms with Gasteiger partial charge in [-0.1, -0.05) is 62.4 Å². The standard InChI is InChI=1S/C27H35N3O3/c1-4-15-28-25(31)23(18-19-13-14-21-10-7-8-11-22(21)17-19)29-26(32)24-12-9-16-30(24)27(33)20(5-2)6-3/h4,7-8,10-11,13-14,17,20,23-24H,1,5-6,9,12,15-16,18H2,2-3H3,(H,28,31)(H,29,32)/t23-,24+/m1/s1. The normalized spacial score (nSPS) is 16.6. The molecule has 2 N–H and O–H groups in total. The van der Waals surface area contributed by atoms with Gasteiger partial charge < -0.3 is 15.5 Å². The van der Waals surface area contributed by atoms with E-state index in [0.29, 0.717) is 25.9 Å². The zero-order valence-corrected chi connectivity index (χ0v) is 19.7. The van der Waals surface area contributed by atoms with E-state index in [-0.39, 0.29) is 23.6 Å². The summed E-state index contributed by atoms with van der Waals surface area (Å²) < 4.78 is 0. The average molecular weight is 450 g/mol. The smallest absolute Gasteiger partial charge is 0.243 e. The van der Waals surface area contributed by atoms with Crippen molar-refractivity contribution in [1.82, 2.24) is 15.5 Å². The maximum absolute atomic E-state index is 13.2. The molecule has 3 amide bonds. The van der Waals surface area contributed by atoms with Gasteiger partial charge in [0.1, 0.15) is 12.1 Å². The van der Waals surface area contributed by atoms with E-state index in [9.17, 15) is 14.4 Å². The molecule has 176 valence electrons. The van der Waals surface area contributed by atoms with E-state index in [1.54, 1.807) is 11.0 Å². The van der Waals surface area contributed by atoms with Crippen LogP contribution in [-0.2, 0) is 20.8 Å². The van der Waals surface area contributed by atoms with Crippen LogP contribution in [0.15, 0.2) is 55.1 Å². The number of hydrogen-bond acceptors (Lipinski definition) is 3. The number of hydrogen-bond donors (Lipinski definition) is 2. The Hall–Kier alpha value is -3.15. The number of fused-ring (bicyclic) bond motifs is 1. The highest BCUT2D eigenvalue weighted by Gasteiger charge is 2.37. The zero-order valence-electron chi connectivity index (χ0n) is 19.7. The first-order valence-corrected chi connectivity index (χ1v) is 12.0. The minimum Gasteiger partial charge on any atom is -0.351 e. The molecule has 1 aliphatic rings. The molecule has 0 aromatic heterocycles. The molecule has 6 nitrogen and oxygen atoms in total. The molecule has 2 atom stereocenters. The summed E-state index contributed by atoms with van der Waals surface area (Å²) in [7, 11) is 0. The Labute approximate surface area is 196 Å². The predicted molar refractivity (Wildman–Crippen MR) is 132 cm³/mol. The first-order valence-electron chi connectivity index (χ1n) is 12.0. The van der Waals surface area contributed by atoms with Crippen LogP contribution in [0.3, 0.4) is 0 Å². The van der Waals surface area contributed by atoms with E-state index in [2.05, 4.69) is 17.2 Å². The summed E-state index contributed by atoms with van der Waals surface area (Å²) in [6.45, 7) is 8.57. The van der Waals surface area contributed by atoms with E-state index in [0.717, 1.165) is 35.6 Å². The molecule has 0 radical (unpaired) electrons. The summed E-state index contributed by atoms with van der Waals surface area (Å²) in [5.41, 5.74) is 0.962. The highest BCUT2D eigenvalue weighted by atomic mass is 16.2. The lowest BCUT2D eigenvalue weighted by Gasteiger charge is -2.29. The van der Waals surface area contributed by atoms with Crippen LogP contribution in [0.2, 0.25) is 0 Å². The molecule has 2 aromatic rings. The molecule has 2 aromatic carbocycles. The average Bonchev–Trinajstić information content (AvgIpc) is 3.33. The van der Waals surface area contributed by atoms with E-state index in [1.165, 1.54) is 0 Å². The van der Waals surface area contributed by atoms with Crippen LogP contribution in [0.1, 0.15) is 45.1 Å². The van der Waals surface area contributed by atoms with Crippen LogP contribution in [0.5, 0.6) is 0 Å². The minimum absolute atomic E-state index is 0.0415. The summed E-state index contributed by atoms with van der Waals surface area (Å²) in [5.74, 6) is -0.541. The van der Waals surface area contributed by atoms with Gasteiger partial charge in [-0.25, -0.2) is 0 Å². The van der Waals surface area contributed by atoms with Crippen molar-refractivity contribution in [3.05, 3.63) is 60.7 Å². The van der Waals surface area contributed by atoms with Crippen molar-refractivity contribution < 1.29 is 14.4 Å². The van der Waals surface area contributed by atoms with Crippen molar-refractivity contribution in [3.63, 3.8) is 0 Å². The second kappa shape index (κ2) is 11.6. The highest BCUT2D eigenvalue weighted by molar-refractivity contribution is 5.93. The van der Waals surface area contributed by atoms with Crippen molar-refractivity contribution in [1.29, 1.82) is 0 Å². The number of carbonyl (C=O) groups is 3. The van der Waals surface area contributed by atoms with Crippen molar-refractivity contribution in [2.24, 2.45) is 5.92 Å². The van der Waals surface area contributed by atoms with Crippen molar-refractivity contribution in [2.45, 2.75) is 58.0 Å². The quantitative estimate of drug-likeness (QED) is 0.544. The molecule has 0 spiro atoms. The molecular weight excluding hydrogens is 414 g/mol. The van der Waals surface area contributed by atoms with Gasteiger partial charge in [0.05, 0.1) is 0 Å². The Morgan fingerprint density at radius 1 is 1.12 bits per heavy atom. The van der Waals surface area contributed by atoms with E-state index in [4.69, 9.17) is 0 Å². The lowest BCUT2D eigenvalue weighted by atomic mass is 10.00. The fourth-order valence-corrected chi connectivity index (χ4v) is 4.55. The number of benzene rings is 2. The van der Waals surface area contributed by atoms with Gasteiger partial charge in [0.2, 0.25) is 17.7 Å². The number of carbonyl (C=O) groups excluding carboxylic acids is 3. The predicted octanol–water partition coefficient (Wildman–Crippen LogP) is 3.60. The molecule has 1 heterocycles. The van der Waals surface area contributed by atoms with Gasteiger partial charge in [0.25, 0.3) is 0 Å². The van der Waals surface area contributed by atoms with Crippen LogP contribution < -0.4 is 10.6 Å². The van der Waals surface area contributed by atoms with Crippen LogP contribution in [0, 0.1) is 5.92 Å². The maximum Gasteiger partial charge on any atom is 0.243 e. The second-order valence-electron chi connectivity index (χ2n) is 8.68. The van der Waals surface area contributed by atoms with Gasteiger partial charge in [-0.3, -0.25) is 14.4 Å². The number of nitrogens with one attached hydrogen (secondary N) is 2. The van der Waals surface area contributed by atoms with Crippen LogP contribution in [0.4, 0.5) is 0 Å². The van der Waals surface area contributed by atoms with E-state index < -0.39 is 12.1 Å². The van der Waals surface area contributed by atoms with E-state index in [1.807, 2.05) is 56.3 Å². The molecule has 33 heavy (non-hydrogen) atoms. The summed E-state index contributed by atoms with van der Waals surface area (Å²) >= 11 is 0. The van der Waals surface area contributed by atoms with Gasteiger partial charge in [-0.05, 0) is 42.0 Å². The number of nitrogens with zero attached hydrogens (tertiary/aromatic N) is 1. The number of amides is 3. The SMILES string of the molecule is C=CCNC(=O)[C@@H](Cc1ccc2ccccc2c1)NC(=O)[C@@H]1CCCN1C(=O)C(CC)CC. The molecule has 1 fully saturated rings. The van der Waals surface area contributed by atoms with E-state index >= 15 is 0 Å². The van der Waals surface area contributed by atoms with Gasteiger partial charge >= 0.3 is 0 Å². The number of rotatable bonds is 10. The molecule has 3 rings (SSSR count). The summed E-state index contributed by atoms with van der Waals surface area (Å²) in [5, 5.41) is 7.96. The van der Waals surface area contributed by atoms with Gasteiger partial charge in [-0.15, -0.1) is 6.58 Å². The molecule has 0 saturated carbocycles. The second-order valence-corrected chi connectivity index (χ2v) is 8.68. The summed E-state index contributed by atoms with van der Waals surface area (Å²) in [6, 6.07) is 12.9. The topological polar surface area (TPSA) is 78.5 Å². The van der Waals surface area contributed by atoms with Crippen molar-refractivity contribution in [3.8, 4) is 0 Å². The fourth-order valence-electron chi connectivity index (χ4n) is 4.55.